The number of hydrogen-bond donors (Lipinski definition) is 3. The van der Waals surface area contributed by atoms with E-state index in [-0.39, 0.29) is 11.6 Å². The number of para-hydroxylation sites is 2. The lowest BCUT2D eigenvalue weighted by Crippen LogP contribution is -2.19. The highest BCUT2D eigenvalue weighted by Gasteiger charge is 2.16. The molecule has 3 rings (SSSR count). The first-order chi connectivity index (χ1) is 13.4. The Labute approximate surface area is 162 Å². The van der Waals surface area contributed by atoms with Crippen LogP contribution < -0.4 is 15.4 Å². The zero-order chi connectivity index (χ0) is 20.1. The number of hydrogen-bond acceptors (Lipinski definition) is 4. The molecule has 3 aromatic rings. The van der Waals surface area contributed by atoms with Crippen LogP contribution in [0.15, 0.2) is 54.6 Å². The van der Waals surface area contributed by atoms with Crippen molar-refractivity contribution in [3.63, 3.8) is 0 Å². The van der Waals surface area contributed by atoms with Crippen LogP contribution in [0.3, 0.4) is 0 Å². The van der Waals surface area contributed by atoms with Gasteiger partial charge in [0.1, 0.15) is 5.75 Å². The number of carbonyl (C=O) groups is 2. The van der Waals surface area contributed by atoms with Gasteiger partial charge in [0.2, 0.25) is 0 Å². The number of ether oxygens (including phenoxy) is 1. The van der Waals surface area contributed by atoms with Crippen molar-refractivity contribution < 1.29 is 19.4 Å². The number of carbonyl (C=O) groups excluding carboxylic acids is 1. The number of carboxylic acids is 1. The summed E-state index contributed by atoms with van der Waals surface area (Å²) in [7, 11) is 0. The molecule has 0 unspecified atom stereocenters. The fourth-order valence-electron chi connectivity index (χ4n) is 2.61. The lowest BCUT2D eigenvalue weighted by Gasteiger charge is -2.14. The molecule has 2 amide bonds. The third-order valence-corrected chi connectivity index (χ3v) is 3.87. The third-order valence-electron chi connectivity index (χ3n) is 3.87. The lowest BCUT2D eigenvalue weighted by atomic mass is 10.1. The van der Waals surface area contributed by atoms with Crippen molar-refractivity contribution in [1.29, 1.82) is 0 Å². The zero-order valence-electron chi connectivity index (χ0n) is 15.6. The molecule has 0 spiro atoms. The Morgan fingerprint density at radius 1 is 1.07 bits per heavy atom. The first kappa shape index (κ1) is 19.2. The van der Waals surface area contributed by atoms with E-state index >= 15 is 0 Å². The topological polar surface area (TPSA) is 101 Å². The molecule has 0 radical (unpaired) electrons. The van der Waals surface area contributed by atoms with Crippen molar-refractivity contribution >= 4 is 34.3 Å². The number of benzene rings is 2. The maximum absolute atomic E-state index is 12.3. The molecule has 0 saturated carbocycles. The summed E-state index contributed by atoms with van der Waals surface area (Å²) in [6.07, 6.45) is 0. The van der Waals surface area contributed by atoms with E-state index in [1.54, 1.807) is 30.3 Å². The van der Waals surface area contributed by atoms with E-state index in [9.17, 15) is 14.7 Å². The smallest absolute Gasteiger partial charge is 0.354 e. The number of aromatic carboxylic acids is 1. The van der Waals surface area contributed by atoms with Crippen molar-refractivity contribution in [2.45, 2.75) is 13.8 Å². The van der Waals surface area contributed by atoms with Gasteiger partial charge in [0.15, 0.2) is 5.69 Å². The molecule has 0 bridgehead atoms. The Morgan fingerprint density at radius 3 is 2.50 bits per heavy atom. The van der Waals surface area contributed by atoms with E-state index < -0.39 is 12.0 Å². The largest absolute Gasteiger partial charge is 0.493 e. The molecule has 2 aromatic carbocycles. The van der Waals surface area contributed by atoms with Gasteiger partial charge < -0.3 is 20.5 Å². The van der Waals surface area contributed by atoms with E-state index in [0.29, 0.717) is 34.6 Å². The van der Waals surface area contributed by atoms with Crippen LogP contribution >= 0.6 is 0 Å². The molecule has 0 saturated heterocycles. The molecule has 0 fully saturated rings. The summed E-state index contributed by atoms with van der Waals surface area (Å²) in [6.45, 7) is 4.44. The molecular formula is C21H21N3O4. The minimum atomic E-state index is -1.17. The molecule has 0 aliphatic rings. The van der Waals surface area contributed by atoms with Crippen molar-refractivity contribution in [2.24, 2.45) is 5.92 Å². The minimum absolute atomic E-state index is 0.149. The Kier molecular flexibility index (Phi) is 5.74. The number of carboxylic acid groups (broad SMARTS) is 1. The van der Waals surface area contributed by atoms with Gasteiger partial charge in [-0.2, -0.15) is 0 Å². The van der Waals surface area contributed by atoms with E-state index in [1.807, 2.05) is 32.0 Å². The monoisotopic (exact) mass is 379 g/mol. The predicted octanol–water partition coefficient (Wildman–Crippen LogP) is 4.61. The summed E-state index contributed by atoms with van der Waals surface area (Å²) in [6, 6.07) is 15.2. The molecule has 3 N–H and O–H groups in total. The van der Waals surface area contributed by atoms with Gasteiger partial charge in [-0.25, -0.2) is 14.6 Å². The zero-order valence-corrected chi connectivity index (χ0v) is 15.6. The van der Waals surface area contributed by atoms with Crippen LogP contribution in [0.25, 0.3) is 10.9 Å². The van der Waals surface area contributed by atoms with Gasteiger partial charge in [-0.15, -0.1) is 0 Å². The number of rotatable bonds is 6. The van der Waals surface area contributed by atoms with Crippen LogP contribution in [-0.4, -0.2) is 28.7 Å². The van der Waals surface area contributed by atoms with Gasteiger partial charge >= 0.3 is 12.0 Å². The predicted molar refractivity (Wildman–Crippen MR) is 108 cm³/mol. The Balaban J connectivity index is 1.95. The van der Waals surface area contributed by atoms with Crippen molar-refractivity contribution in [3.8, 4) is 5.75 Å². The van der Waals surface area contributed by atoms with Gasteiger partial charge in [0, 0.05) is 17.1 Å². The highest BCUT2D eigenvalue weighted by atomic mass is 16.5. The minimum Gasteiger partial charge on any atom is -0.493 e. The van der Waals surface area contributed by atoms with Crippen molar-refractivity contribution in [1.82, 2.24) is 4.98 Å². The van der Waals surface area contributed by atoms with Crippen LogP contribution in [0.5, 0.6) is 5.75 Å². The number of pyridine rings is 1. The highest BCUT2D eigenvalue weighted by molar-refractivity contribution is 6.06. The summed E-state index contributed by atoms with van der Waals surface area (Å²) < 4.78 is 5.80. The first-order valence-electron chi connectivity index (χ1n) is 8.87. The number of anilines is 2. The van der Waals surface area contributed by atoms with E-state index in [0.717, 1.165) is 0 Å². The highest BCUT2D eigenvalue weighted by Crippen LogP contribution is 2.31. The van der Waals surface area contributed by atoms with Gasteiger partial charge in [-0.1, -0.05) is 38.1 Å². The maximum atomic E-state index is 12.3. The van der Waals surface area contributed by atoms with Crippen LogP contribution in [0.2, 0.25) is 0 Å². The third kappa shape index (κ3) is 4.56. The van der Waals surface area contributed by atoms with E-state index in [4.69, 9.17) is 4.74 Å². The Hall–Kier alpha value is -3.61. The van der Waals surface area contributed by atoms with Crippen LogP contribution in [-0.2, 0) is 0 Å². The van der Waals surface area contributed by atoms with Crippen molar-refractivity contribution in [3.05, 3.63) is 60.3 Å². The second-order valence-corrected chi connectivity index (χ2v) is 6.66. The van der Waals surface area contributed by atoms with E-state index in [1.165, 1.54) is 6.07 Å². The molecular weight excluding hydrogens is 358 g/mol. The standard InChI is InChI=1S/C21H21N3O4/c1-13(2)12-28-18-11-17(20(25)26)23-19-15(18)9-6-10-16(19)24-21(27)22-14-7-4-3-5-8-14/h3-11,13H,12H2,1-2H3,(H,25,26)(H2,22,24,27). The Morgan fingerprint density at radius 2 is 1.82 bits per heavy atom. The molecule has 7 heteroatoms. The fraction of sp³-hybridized carbons (Fsp3) is 0.190. The number of urea groups is 1. The number of nitrogens with one attached hydrogen (secondary N) is 2. The summed E-state index contributed by atoms with van der Waals surface area (Å²) in [5.74, 6) is -0.475. The SMILES string of the molecule is CC(C)COc1cc(C(=O)O)nc2c(NC(=O)Nc3ccccc3)cccc12. The molecule has 0 aliphatic carbocycles. The van der Waals surface area contributed by atoms with Crippen LogP contribution in [0.4, 0.5) is 16.2 Å². The van der Waals surface area contributed by atoms with Crippen LogP contribution in [0, 0.1) is 5.92 Å². The average molecular weight is 379 g/mol. The molecule has 7 nitrogen and oxygen atoms in total. The Bertz CT molecular complexity index is 1000. The normalized spacial score (nSPS) is 10.7. The first-order valence-corrected chi connectivity index (χ1v) is 8.87. The van der Waals surface area contributed by atoms with Gasteiger partial charge in [-0.3, -0.25) is 0 Å². The van der Waals surface area contributed by atoms with Gasteiger partial charge in [-0.05, 0) is 30.2 Å². The number of fused-ring (bicyclic) bond motifs is 1. The lowest BCUT2D eigenvalue weighted by molar-refractivity contribution is 0.0690. The molecule has 0 aliphatic heterocycles. The van der Waals surface area contributed by atoms with Gasteiger partial charge in [0.25, 0.3) is 0 Å². The molecule has 28 heavy (non-hydrogen) atoms. The number of aromatic nitrogens is 1. The summed E-state index contributed by atoms with van der Waals surface area (Å²) >= 11 is 0. The summed E-state index contributed by atoms with van der Waals surface area (Å²) in [5, 5.41) is 15.5. The molecule has 1 heterocycles. The number of nitrogens with zero attached hydrogens (tertiary/aromatic N) is 1. The summed E-state index contributed by atoms with van der Waals surface area (Å²) in [4.78, 5) is 28.0. The fourth-order valence-corrected chi connectivity index (χ4v) is 2.61. The second kappa shape index (κ2) is 8.39. The van der Waals surface area contributed by atoms with Crippen molar-refractivity contribution in [2.75, 3.05) is 17.2 Å². The second-order valence-electron chi connectivity index (χ2n) is 6.66. The maximum Gasteiger partial charge on any atom is 0.354 e. The molecule has 0 atom stereocenters. The van der Waals surface area contributed by atoms with Crippen LogP contribution in [0.1, 0.15) is 24.3 Å². The molecule has 1 aromatic heterocycles. The molecule has 144 valence electrons. The van der Waals surface area contributed by atoms with Gasteiger partial charge in [0.05, 0.1) is 17.8 Å². The van der Waals surface area contributed by atoms with E-state index in [2.05, 4.69) is 15.6 Å². The quantitative estimate of drug-likeness (QED) is 0.580. The summed E-state index contributed by atoms with van der Waals surface area (Å²) in [5.41, 5.74) is 1.23. The number of amides is 2. The average Bonchev–Trinajstić information content (AvgIpc) is 2.66.